The number of methoxy groups -OCH3 is 1. The van der Waals surface area contributed by atoms with Gasteiger partial charge in [-0.1, -0.05) is 12.1 Å². The Kier molecular flexibility index (Phi) is 4.09. The largest absolute Gasteiger partial charge is 0.497 e. The molecule has 0 fully saturated rings. The maximum Gasteiger partial charge on any atom is 0.364 e. The van der Waals surface area contributed by atoms with Gasteiger partial charge in [0.2, 0.25) is 5.78 Å². The summed E-state index contributed by atoms with van der Waals surface area (Å²) in [5.74, 6) is -6.04. The first kappa shape index (κ1) is 13.5. The molecule has 0 bridgehead atoms. The molecule has 94 valence electrons. The van der Waals surface area contributed by atoms with Crippen LogP contribution in [0.3, 0.4) is 0 Å². The quantitative estimate of drug-likeness (QED) is 0.751. The van der Waals surface area contributed by atoms with Crippen molar-refractivity contribution in [2.45, 2.75) is 18.8 Å². The van der Waals surface area contributed by atoms with E-state index in [4.69, 9.17) is 4.74 Å². The highest BCUT2D eigenvalue weighted by Gasteiger charge is 2.47. The highest BCUT2D eigenvalue weighted by atomic mass is 19.3. The summed E-state index contributed by atoms with van der Waals surface area (Å²) in [4.78, 5) is 11.0. The number of rotatable bonds is 5. The maximum atomic E-state index is 12.7. The summed E-state index contributed by atoms with van der Waals surface area (Å²) in [5.41, 5.74) is 0.203. The molecule has 0 spiro atoms. The van der Waals surface area contributed by atoms with Crippen LogP contribution >= 0.6 is 0 Å². The molecule has 6 heteroatoms. The van der Waals surface area contributed by atoms with Gasteiger partial charge in [-0.15, -0.1) is 0 Å². The number of halogens is 4. The normalized spacial score (nSPS) is 11.6. The summed E-state index contributed by atoms with van der Waals surface area (Å²) in [6, 6.07) is 5.78. The van der Waals surface area contributed by atoms with E-state index in [0.717, 1.165) is 0 Å². The minimum Gasteiger partial charge on any atom is -0.497 e. The molecule has 0 saturated heterocycles. The molecular weight excluding hydrogens is 240 g/mol. The van der Waals surface area contributed by atoms with E-state index in [-0.39, 0.29) is 5.56 Å². The highest BCUT2D eigenvalue weighted by Crippen LogP contribution is 2.26. The summed E-state index contributed by atoms with van der Waals surface area (Å²) in [6.45, 7) is 0. The first-order chi connectivity index (χ1) is 7.87. The van der Waals surface area contributed by atoms with Crippen molar-refractivity contribution >= 4 is 5.78 Å². The third-order valence-electron chi connectivity index (χ3n) is 2.14. The molecule has 0 aliphatic heterocycles. The van der Waals surface area contributed by atoms with E-state index < -0.39 is 24.6 Å². The molecule has 0 radical (unpaired) electrons. The second-order valence-electron chi connectivity index (χ2n) is 3.38. The van der Waals surface area contributed by atoms with Gasteiger partial charge in [0.05, 0.1) is 7.11 Å². The second kappa shape index (κ2) is 5.16. The van der Waals surface area contributed by atoms with E-state index in [1.54, 1.807) is 6.07 Å². The lowest BCUT2D eigenvalue weighted by Crippen LogP contribution is -2.37. The fraction of sp³-hybridized carbons (Fsp3) is 0.364. The van der Waals surface area contributed by atoms with Gasteiger partial charge < -0.3 is 4.74 Å². The van der Waals surface area contributed by atoms with E-state index in [1.165, 1.54) is 25.3 Å². The molecule has 17 heavy (non-hydrogen) atoms. The predicted molar refractivity (Wildman–Crippen MR) is 52.7 cm³/mol. The van der Waals surface area contributed by atoms with Crippen LogP contribution in [0.15, 0.2) is 24.3 Å². The number of ether oxygens (including phenoxy) is 1. The first-order valence-electron chi connectivity index (χ1n) is 4.70. The maximum absolute atomic E-state index is 12.7. The Balaban J connectivity index is 2.81. The monoisotopic (exact) mass is 250 g/mol. The van der Waals surface area contributed by atoms with Crippen LogP contribution in [0, 0.1) is 0 Å². The number of hydrogen-bond acceptors (Lipinski definition) is 2. The van der Waals surface area contributed by atoms with Crippen molar-refractivity contribution in [2.24, 2.45) is 0 Å². The number of benzene rings is 1. The Morgan fingerprint density at radius 1 is 1.41 bits per heavy atom. The Bertz CT molecular complexity index is 404. The van der Waals surface area contributed by atoms with Gasteiger partial charge >= 0.3 is 12.3 Å². The molecule has 0 aliphatic carbocycles. The standard InChI is InChI=1S/C11H10F4O2/c1-17-8-4-2-3-7(5-8)6-9(16)11(14,15)10(12)13/h2-5,10H,6H2,1H3. The minimum atomic E-state index is -4.61. The van der Waals surface area contributed by atoms with E-state index in [2.05, 4.69) is 0 Å². The molecule has 0 aromatic heterocycles. The number of Topliss-reactive ketones (excluding diaryl/α,β-unsaturated/α-hetero) is 1. The van der Waals surface area contributed by atoms with Crippen molar-refractivity contribution in [1.82, 2.24) is 0 Å². The SMILES string of the molecule is COc1cccc(CC(=O)C(F)(F)C(F)F)c1. The predicted octanol–water partition coefficient (Wildman–Crippen LogP) is 2.71. The molecule has 0 heterocycles. The van der Waals surface area contributed by atoms with Crippen LogP contribution < -0.4 is 4.74 Å². The molecule has 0 N–H and O–H groups in total. The number of ketones is 1. The molecule has 0 unspecified atom stereocenters. The van der Waals surface area contributed by atoms with Crippen LogP contribution in [-0.4, -0.2) is 25.2 Å². The van der Waals surface area contributed by atoms with Gasteiger partial charge in [0.15, 0.2) is 0 Å². The van der Waals surface area contributed by atoms with Gasteiger partial charge in [-0.05, 0) is 17.7 Å². The van der Waals surface area contributed by atoms with Gasteiger partial charge in [0.1, 0.15) is 5.75 Å². The van der Waals surface area contributed by atoms with Crippen LogP contribution in [0.2, 0.25) is 0 Å². The second-order valence-corrected chi connectivity index (χ2v) is 3.38. The van der Waals surface area contributed by atoms with Gasteiger partial charge in [-0.3, -0.25) is 4.79 Å². The van der Waals surface area contributed by atoms with Gasteiger partial charge in [-0.25, -0.2) is 8.78 Å². The lowest BCUT2D eigenvalue weighted by molar-refractivity contribution is -0.166. The van der Waals surface area contributed by atoms with Crippen molar-refractivity contribution < 1.29 is 27.1 Å². The summed E-state index contributed by atoms with van der Waals surface area (Å²) < 4.78 is 54.0. The third kappa shape index (κ3) is 3.18. The average molecular weight is 250 g/mol. The molecule has 0 amide bonds. The molecule has 0 atom stereocenters. The summed E-state index contributed by atoms with van der Waals surface area (Å²) in [7, 11) is 1.37. The van der Waals surface area contributed by atoms with Gasteiger partial charge in [0.25, 0.3) is 0 Å². The lowest BCUT2D eigenvalue weighted by atomic mass is 10.0. The third-order valence-corrected chi connectivity index (χ3v) is 2.14. The van der Waals surface area contributed by atoms with E-state index >= 15 is 0 Å². The smallest absolute Gasteiger partial charge is 0.364 e. The first-order valence-corrected chi connectivity index (χ1v) is 4.70. The molecule has 2 nitrogen and oxygen atoms in total. The minimum absolute atomic E-state index is 0.203. The number of carbonyl (C=O) groups excluding carboxylic acids is 1. The zero-order valence-corrected chi connectivity index (χ0v) is 8.92. The van der Waals surface area contributed by atoms with Crippen molar-refractivity contribution in [2.75, 3.05) is 7.11 Å². The molecule has 1 aromatic rings. The van der Waals surface area contributed by atoms with Gasteiger partial charge in [-0.2, -0.15) is 8.78 Å². The van der Waals surface area contributed by atoms with Crippen LogP contribution in [0.25, 0.3) is 0 Å². The van der Waals surface area contributed by atoms with Crippen LogP contribution in [-0.2, 0) is 11.2 Å². The summed E-state index contributed by atoms with van der Waals surface area (Å²) in [5, 5.41) is 0. The van der Waals surface area contributed by atoms with Crippen molar-refractivity contribution in [3.8, 4) is 5.75 Å². The molecular formula is C11H10F4O2. The Hall–Kier alpha value is -1.59. The van der Waals surface area contributed by atoms with Crippen molar-refractivity contribution in [3.05, 3.63) is 29.8 Å². The number of alkyl halides is 4. The summed E-state index contributed by atoms with van der Waals surface area (Å²) >= 11 is 0. The Morgan fingerprint density at radius 3 is 2.59 bits per heavy atom. The van der Waals surface area contributed by atoms with Crippen molar-refractivity contribution in [3.63, 3.8) is 0 Å². The van der Waals surface area contributed by atoms with Crippen molar-refractivity contribution in [1.29, 1.82) is 0 Å². The topological polar surface area (TPSA) is 26.3 Å². The van der Waals surface area contributed by atoms with Gasteiger partial charge in [0, 0.05) is 6.42 Å². The fourth-order valence-electron chi connectivity index (χ4n) is 1.21. The zero-order valence-electron chi connectivity index (χ0n) is 8.92. The highest BCUT2D eigenvalue weighted by molar-refractivity contribution is 5.88. The van der Waals surface area contributed by atoms with Crippen LogP contribution in [0.5, 0.6) is 5.75 Å². The molecule has 1 aromatic carbocycles. The fourth-order valence-corrected chi connectivity index (χ4v) is 1.21. The Morgan fingerprint density at radius 2 is 2.06 bits per heavy atom. The number of carbonyl (C=O) groups is 1. The number of hydrogen-bond donors (Lipinski definition) is 0. The average Bonchev–Trinajstić information content (AvgIpc) is 2.29. The molecule has 0 saturated carbocycles. The van der Waals surface area contributed by atoms with E-state index in [0.29, 0.717) is 5.75 Å². The van der Waals surface area contributed by atoms with Crippen LogP contribution in [0.1, 0.15) is 5.56 Å². The van der Waals surface area contributed by atoms with Crippen LogP contribution in [0.4, 0.5) is 17.6 Å². The lowest BCUT2D eigenvalue weighted by Gasteiger charge is -2.13. The molecule has 1 rings (SSSR count). The molecule has 0 aliphatic rings. The van der Waals surface area contributed by atoms with E-state index in [1.807, 2.05) is 0 Å². The Labute approximate surface area is 95.2 Å². The van der Waals surface area contributed by atoms with E-state index in [9.17, 15) is 22.4 Å². The summed E-state index contributed by atoms with van der Waals surface area (Å²) in [6.07, 6.45) is -4.74. The zero-order chi connectivity index (χ0) is 13.1.